The quantitative estimate of drug-likeness (QED) is 0.863. The predicted molar refractivity (Wildman–Crippen MR) is 74.4 cm³/mol. The lowest BCUT2D eigenvalue weighted by molar-refractivity contribution is 0.254. The van der Waals surface area contributed by atoms with E-state index in [1.54, 1.807) is 11.3 Å². The molecule has 1 aliphatic carbocycles. The minimum Gasteiger partial charge on any atom is -0.308 e. The highest BCUT2D eigenvalue weighted by atomic mass is 32.1. The first-order valence-corrected chi connectivity index (χ1v) is 7.88. The van der Waals surface area contributed by atoms with Crippen LogP contribution >= 0.6 is 11.3 Å². The molecule has 1 N–H and O–H groups in total. The van der Waals surface area contributed by atoms with Gasteiger partial charge in [-0.2, -0.15) is 0 Å². The van der Waals surface area contributed by atoms with Gasteiger partial charge in [-0.25, -0.2) is 4.98 Å². The summed E-state index contributed by atoms with van der Waals surface area (Å²) in [7, 11) is 0. The smallest absolute Gasteiger partial charge is 0.0926 e. The van der Waals surface area contributed by atoms with Crippen LogP contribution in [0.25, 0.3) is 0 Å². The summed E-state index contributed by atoms with van der Waals surface area (Å²) in [5, 5.41) is 7.19. The fraction of sp³-hybridized carbons (Fsp3) is 0.786. The Morgan fingerprint density at radius 1 is 1.35 bits per heavy atom. The van der Waals surface area contributed by atoms with Crippen LogP contribution in [0.3, 0.4) is 0 Å². The van der Waals surface area contributed by atoms with Crippen molar-refractivity contribution < 1.29 is 0 Å². The largest absolute Gasteiger partial charge is 0.308 e. The van der Waals surface area contributed by atoms with Crippen LogP contribution in [0.2, 0.25) is 0 Å². The number of thiazole rings is 1. The zero-order valence-corrected chi connectivity index (χ0v) is 11.9. The number of hydrogen-bond acceptors (Lipinski definition) is 3. The molecule has 17 heavy (non-hydrogen) atoms. The Hall–Kier alpha value is -0.410. The maximum Gasteiger partial charge on any atom is 0.0926 e. The highest BCUT2D eigenvalue weighted by molar-refractivity contribution is 7.09. The highest BCUT2D eigenvalue weighted by Gasteiger charge is 2.22. The van der Waals surface area contributed by atoms with E-state index in [-0.39, 0.29) is 0 Å². The molecule has 2 unspecified atom stereocenters. The maximum absolute atomic E-state index is 4.62. The van der Waals surface area contributed by atoms with E-state index >= 15 is 0 Å². The zero-order chi connectivity index (χ0) is 12.1. The maximum atomic E-state index is 4.62. The number of hydrogen-bond donors (Lipinski definition) is 1. The van der Waals surface area contributed by atoms with Gasteiger partial charge >= 0.3 is 0 Å². The lowest BCUT2D eigenvalue weighted by atomic mass is 9.83. The van der Waals surface area contributed by atoms with Gasteiger partial charge < -0.3 is 5.32 Å². The Bertz CT molecular complexity index is 335. The monoisotopic (exact) mass is 252 g/mol. The summed E-state index contributed by atoms with van der Waals surface area (Å²) in [6.07, 6.45) is 7.95. The van der Waals surface area contributed by atoms with E-state index < -0.39 is 0 Å². The molecule has 0 radical (unpaired) electrons. The van der Waals surface area contributed by atoms with E-state index in [0.717, 1.165) is 24.9 Å². The average Bonchev–Trinajstić information content (AvgIpc) is 2.84. The van der Waals surface area contributed by atoms with Crippen LogP contribution in [0.15, 0.2) is 5.38 Å². The van der Waals surface area contributed by atoms with Crippen LogP contribution in [-0.2, 0) is 13.0 Å². The Morgan fingerprint density at radius 3 is 2.88 bits per heavy atom. The van der Waals surface area contributed by atoms with E-state index in [4.69, 9.17) is 0 Å². The van der Waals surface area contributed by atoms with Crippen molar-refractivity contribution in [2.24, 2.45) is 5.92 Å². The second-order valence-electron chi connectivity index (χ2n) is 5.03. The summed E-state index contributed by atoms with van der Waals surface area (Å²) in [6.45, 7) is 5.45. The van der Waals surface area contributed by atoms with Gasteiger partial charge in [0.25, 0.3) is 0 Å². The molecule has 1 aromatic heterocycles. The topological polar surface area (TPSA) is 24.9 Å². The van der Waals surface area contributed by atoms with Gasteiger partial charge in [-0.05, 0) is 25.2 Å². The molecule has 96 valence electrons. The third-order valence-electron chi connectivity index (χ3n) is 3.88. The standard InChI is InChI=1S/C14H24N2S/c1-3-11-7-5-6-8-13(11)15-9-12-10-17-14(4-2)16-12/h10-11,13,15H,3-9H2,1-2H3. The summed E-state index contributed by atoms with van der Waals surface area (Å²) in [5.41, 5.74) is 1.23. The van der Waals surface area contributed by atoms with Crippen molar-refractivity contribution in [2.45, 2.75) is 65.0 Å². The fourth-order valence-corrected chi connectivity index (χ4v) is 3.54. The Morgan fingerprint density at radius 2 is 2.18 bits per heavy atom. The molecule has 2 rings (SSSR count). The van der Waals surface area contributed by atoms with Gasteiger partial charge in [0.15, 0.2) is 0 Å². The average molecular weight is 252 g/mol. The minimum absolute atomic E-state index is 0.723. The van der Waals surface area contributed by atoms with Gasteiger partial charge in [0.1, 0.15) is 0 Å². The van der Waals surface area contributed by atoms with Gasteiger partial charge in [0, 0.05) is 18.0 Å². The van der Waals surface area contributed by atoms with Crippen LogP contribution < -0.4 is 5.32 Å². The molecule has 0 saturated heterocycles. The van der Waals surface area contributed by atoms with E-state index in [0.29, 0.717) is 0 Å². The van der Waals surface area contributed by atoms with Crippen LogP contribution in [0.4, 0.5) is 0 Å². The molecule has 0 bridgehead atoms. The van der Waals surface area contributed by atoms with Crippen molar-refractivity contribution in [1.82, 2.24) is 10.3 Å². The third kappa shape index (κ3) is 3.52. The van der Waals surface area contributed by atoms with Gasteiger partial charge in [0.05, 0.1) is 10.7 Å². The van der Waals surface area contributed by atoms with E-state index in [2.05, 4.69) is 29.5 Å². The summed E-state index contributed by atoms with van der Waals surface area (Å²) in [4.78, 5) is 4.62. The van der Waals surface area contributed by atoms with Crippen molar-refractivity contribution in [3.8, 4) is 0 Å². The number of nitrogens with zero attached hydrogens (tertiary/aromatic N) is 1. The van der Waals surface area contributed by atoms with Gasteiger partial charge in [-0.15, -0.1) is 11.3 Å². The molecule has 2 atom stereocenters. The molecule has 0 aliphatic heterocycles. The fourth-order valence-electron chi connectivity index (χ4n) is 2.79. The lowest BCUT2D eigenvalue weighted by Crippen LogP contribution is -2.37. The molecule has 1 heterocycles. The van der Waals surface area contributed by atoms with Crippen molar-refractivity contribution >= 4 is 11.3 Å². The van der Waals surface area contributed by atoms with Gasteiger partial charge in [0.2, 0.25) is 0 Å². The first-order chi connectivity index (χ1) is 8.33. The molecular formula is C14H24N2S. The van der Waals surface area contributed by atoms with Crippen LogP contribution in [0, 0.1) is 5.92 Å². The number of rotatable bonds is 5. The molecule has 3 heteroatoms. The predicted octanol–water partition coefficient (Wildman–Crippen LogP) is 3.76. The Balaban J connectivity index is 1.83. The zero-order valence-electron chi connectivity index (χ0n) is 11.0. The number of nitrogens with one attached hydrogen (secondary N) is 1. The highest BCUT2D eigenvalue weighted by Crippen LogP contribution is 2.27. The summed E-state index contributed by atoms with van der Waals surface area (Å²) >= 11 is 1.79. The van der Waals surface area contributed by atoms with Crippen molar-refractivity contribution in [1.29, 1.82) is 0 Å². The van der Waals surface area contributed by atoms with Crippen LogP contribution in [-0.4, -0.2) is 11.0 Å². The van der Waals surface area contributed by atoms with Crippen LogP contribution in [0.5, 0.6) is 0 Å². The molecule has 0 amide bonds. The SMILES string of the molecule is CCc1nc(CNC2CCCCC2CC)cs1. The molecule has 2 nitrogen and oxygen atoms in total. The molecule has 1 aliphatic rings. The van der Waals surface area contributed by atoms with Gasteiger partial charge in [-0.3, -0.25) is 0 Å². The molecule has 1 saturated carbocycles. The van der Waals surface area contributed by atoms with E-state index in [1.165, 1.54) is 42.8 Å². The Kier molecular flexibility index (Phi) is 4.99. The second kappa shape index (κ2) is 6.50. The first kappa shape index (κ1) is 13.0. The third-order valence-corrected chi connectivity index (χ3v) is 4.92. The summed E-state index contributed by atoms with van der Waals surface area (Å²) in [5.74, 6) is 0.882. The summed E-state index contributed by atoms with van der Waals surface area (Å²) < 4.78 is 0. The molecule has 1 aromatic rings. The van der Waals surface area contributed by atoms with Crippen LogP contribution in [0.1, 0.15) is 56.7 Å². The summed E-state index contributed by atoms with van der Waals surface area (Å²) in [6, 6.07) is 0.723. The van der Waals surface area contributed by atoms with E-state index in [9.17, 15) is 0 Å². The van der Waals surface area contributed by atoms with Gasteiger partial charge in [-0.1, -0.05) is 33.1 Å². The van der Waals surface area contributed by atoms with Crippen molar-refractivity contribution in [3.63, 3.8) is 0 Å². The first-order valence-electron chi connectivity index (χ1n) is 7.00. The number of aryl methyl sites for hydroxylation is 1. The Labute approximate surface area is 109 Å². The molecular weight excluding hydrogens is 228 g/mol. The number of aromatic nitrogens is 1. The normalized spacial score (nSPS) is 25.1. The van der Waals surface area contributed by atoms with E-state index in [1.807, 2.05) is 0 Å². The minimum atomic E-state index is 0.723. The van der Waals surface area contributed by atoms with Crippen molar-refractivity contribution in [3.05, 3.63) is 16.1 Å². The molecule has 0 aromatic carbocycles. The van der Waals surface area contributed by atoms with Crippen molar-refractivity contribution in [2.75, 3.05) is 0 Å². The second-order valence-corrected chi connectivity index (χ2v) is 5.97. The molecule has 0 spiro atoms. The molecule has 1 fully saturated rings. The lowest BCUT2D eigenvalue weighted by Gasteiger charge is -2.31.